The first-order chi connectivity index (χ1) is 12.4. The number of ether oxygens (including phenoxy) is 2. The van der Waals surface area contributed by atoms with E-state index in [1.165, 1.54) is 0 Å². The first-order valence-corrected chi connectivity index (χ1v) is 8.81. The molecular formula is C19H26N4O3. The number of aryl methyl sites for hydroxylation is 2. The summed E-state index contributed by atoms with van der Waals surface area (Å²) in [6.07, 6.45) is 0. The Morgan fingerprint density at radius 1 is 1.31 bits per heavy atom. The van der Waals surface area contributed by atoms with Crippen LogP contribution >= 0.6 is 0 Å². The molecule has 1 N–H and O–H groups in total. The van der Waals surface area contributed by atoms with Crippen LogP contribution < -0.4 is 14.8 Å². The number of carbonyl (C=O) groups is 1. The summed E-state index contributed by atoms with van der Waals surface area (Å²) < 4.78 is 12.7. The summed E-state index contributed by atoms with van der Waals surface area (Å²) in [6, 6.07) is 7.70. The van der Waals surface area contributed by atoms with Gasteiger partial charge in [-0.3, -0.25) is 4.68 Å². The van der Waals surface area contributed by atoms with E-state index in [2.05, 4.69) is 23.4 Å². The fraction of sp³-hybridized carbons (Fsp3) is 0.474. The minimum Gasteiger partial charge on any atom is -0.454 e. The van der Waals surface area contributed by atoms with Gasteiger partial charge in [-0.15, -0.1) is 0 Å². The van der Waals surface area contributed by atoms with Crippen molar-refractivity contribution in [3.63, 3.8) is 0 Å². The molecule has 7 nitrogen and oxygen atoms in total. The minimum absolute atomic E-state index is 0.0946. The molecule has 140 valence electrons. The second-order valence-electron chi connectivity index (χ2n) is 6.94. The Balaban J connectivity index is 1.47. The van der Waals surface area contributed by atoms with E-state index in [0.29, 0.717) is 13.1 Å². The summed E-state index contributed by atoms with van der Waals surface area (Å²) in [5, 5.41) is 7.46. The SMILES string of the molecule is Cc1cc(C)n(CC(C)CNC(=O)N(C)Cc2ccc3c(c2)OCO3)n1. The van der Waals surface area contributed by atoms with E-state index < -0.39 is 0 Å². The maximum Gasteiger partial charge on any atom is 0.317 e. The highest BCUT2D eigenvalue weighted by atomic mass is 16.7. The lowest BCUT2D eigenvalue weighted by molar-refractivity contribution is 0.174. The fourth-order valence-corrected chi connectivity index (χ4v) is 3.00. The molecule has 0 bridgehead atoms. The lowest BCUT2D eigenvalue weighted by atomic mass is 10.2. The number of amides is 2. The first-order valence-electron chi connectivity index (χ1n) is 8.81. The number of fused-ring (bicyclic) bond motifs is 1. The normalized spacial score (nSPS) is 13.5. The van der Waals surface area contributed by atoms with Crippen molar-refractivity contribution in [3.8, 4) is 11.5 Å². The number of carbonyl (C=O) groups excluding carboxylic acids is 1. The number of hydrogen-bond acceptors (Lipinski definition) is 4. The van der Waals surface area contributed by atoms with Crippen molar-refractivity contribution in [2.24, 2.45) is 5.92 Å². The molecule has 2 aromatic rings. The number of nitrogens with zero attached hydrogens (tertiary/aromatic N) is 3. The molecule has 1 atom stereocenters. The van der Waals surface area contributed by atoms with Crippen LogP contribution in [0.2, 0.25) is 0 Å². The van der Waals surface area contributed by atoms with E-state index in [9.17, 15) is 4.79 Å². The van der Waals surface area contributed by atoms with E-state index in [1.54, 1.807) is 11.9 Å². The van der Waals surface area contributed by atoms with Crippen LogP contribution in [0, 0.1) is 19.8 Å². The molecule has 0 spiro atoms. The molecular weight excluding hydrogens is 332 g/mol. The molecule has 2 heterocycles. The molecule has 0 saturated heterocycles. The van der Waals surface area contributed by atoms with Gasteiger partial charge in [0.2, 0.25) is 6.79 Å². The second kappa shape index (κ2) is 7.68. The lowest BCUT2D eigenvalue weighted by Gasteiger charge is -2.20. The highest BCUT2D eigenvalue weighted by Crippen LogP contribution is 2.32. The number of hydrogen-bond donors (Lipinski definition) is 1. The number of benzene rings is 1. The second-order valence-corrected chi connectivity index (χ2v) is 6.94. The zero-order valence-electron chi connectivity index (χ0n) is 15.8. The molecule has 1 aliphatic heterocycles. The van der Waals surface area contributed by atoms with Crippen LogP contribution in [0.3, 0.4) is 0 Å². The van der Waals surface area contributed by atoms with Crippen LogP contribution in [-0.4, -0.2) is 41.1 Å². The van der Waals surface area contributed by atoms with Crippen molar-refractivity contribution < 1.29 is 14.3 Å². The van der Waals surface area contributed by atoms with E-state index in [1.807, 2.05) is 36.7 Å². The predicted molar refractivity (Wildman–Crippen MR) is 98.3 cm³/mol. The number of rotatable bonds is 6. The van der Waals surface area contributed by atoms with E-state index in [-0.39, 0.29) is 18.7 Å². The zero-order valence-corrected chi connectivity index (χ0v) is 15.8. The Morgan fingerprint density at radius 3 is 2.81 bits per heavy atom. The number of nitrogens with one attached hydrogen (secondary N) is 1. The molecule has 26 heavy (non-hydrogen) atoms. The van der Waals surface area contributed by atoms with Gasteiger partial charge in [0.25, 0.3) is 0 Å². The van der Waals surface area contributed by atoms with Crippen molar-refractivity contribution in [1.82, 2.24) is 20.0 Å². The molecule has 1 aromatic carbocycles. The van der Waals surface area contributed by atoms with Crippen LogP contribution in [0.15, 0.2) is 24.3 Å². The Morgan fingerprint density at radius 2 is 2.08 bits per heavy atom. The van der Waals surface area contributed by atoms with Crippen molar-refractivity contribution in [1.29, 1.82) is 0 Å². The van der Waals surface area contributed by atoms with Gasteiger partial charge in [-0.25, -0.2) is 4.79 Å². The molecule has 3 rings (SSSR count). The topological polar surface area (TPSA) is 68.6 Å². The fourth-order valence-electron chi connectivity index (χ4n) is 3.00. The maximum absolute atomic E-state index is 12.3. The van der Waals surface area contributed by atoms with Crippen LogP contribution in [-0.2, 0) is 13.1 Å². The van der Waals surface area contributed by atoms with Crippen LogP contribution in [0.5, 0.6) is 11.5 Å². The molecule has 7 heteroatoms. The summed E-state index contributed by atoms with van der Waals surface area (Å²) >= 11 is 0. The van der Waals surface area contributed by atoms with Crippen molar-refractivity contribution in [3.05, 3.63) is 41.2 Å². The summed E-state index contributed by atoms with van der Waals surface area (Å²) in [5.74, 6) is 1.77. The van der Waals surface area contributed by atoms with Crippen molar-refractivity contribution in [2.75, 3.05) is 20.4 Å². The van der Waals surface area contributed by atoms with Crippen LogP contribution in [0.1, 0.15) is 23.9 Å². The van der Waals surface area contributed by atoms with Crippen LogP contribution in [0.4, 0.5) is 4.79 Å². The van der Waals surface area contributed by atoms with Gasteiger partial charge in [0.15, 0.2) is 11.5 Å². The Bertz CT molecular complexity index is 787. The van der Waals surface area contributed by atoms with Crippen LogP contribution in [0.25, 0.3) is 0 Å². The predicted octanol–water partition coefficient (Wildman–Crippen LogP) is 2.71. The molecule has 2 amide bonds. The Hall–Kier alpha value is -2.70. The third-order valence-corrected chi connectivity index (χ3v) is 4.39. The largest absolute Gasteiger partial charge is 0.454 e. The van der Waals surface area contributed by atoms with E-state index in [4.69, 9.17) is 9.47 Å². The average molecular weight is 358 g/mol. The number of aromatic nitrogens is 2. The average Bonchev–Trinajstić information content (AvgIpc) is 3.18. The smallest absolute Gasteiger partial charge is 0.317 e. The van der Waals surface area contributed by atoms with Gasteiger partial charge in [0.1, 0.15) is 0 Å². The van der Waals surface area contributed by atoms with Gasteiger partial charge in [0, 0.05) is 32.4 Å². The Kier molecular flexibility index (Phi) is 5.35. The molecule has 1 aliphatic rings. The first kappa shape index (κ1) is 18.1. The highest BCUT2D eigenvalue weighted by molar-refractivity contribution is 5.73. The quantitative estimate of drug-likeness (QED) is 0.862. The van der Waals surface area contributed by atoms with Gasteiger partial charge in [0.05, 0.1) is 5.69 Å². The molecule has 1 unspecified atom stereocenters. The van der Waals surface area contributed by atoms with E-state index >= 15 is 0 Å². The van der Waals surface area contributed by atoms with Gasteiger partial charge >= 0.3 is 6.03 Å². The third-order valence-electron chi connectivity index (χ3n) is 4.39. The standard InChI is InChI=1S/C19H26N4O3/c1-13(10-23-15(3)7-14(2)21-23)9-20-19(24)22(4)11-16-5-6-17-18(8-16)26-12-25-17/h5-8,13H,9-12H2,1-4H3,(H,20,24). The highest BCUT2D eigenvalue weighted by Gasteiger charge is 2.16. The van der Waals surface area contributed by atoms with Gasteiger partial charge < -0.3 is 19.7 Å². The third kappa shape index (κ3) is 4.28. The molecule has 0 saturated carbocycles. The summed E-state index contributed by atoms with van der Waals surface area (Å²) in [7, 11) is 1.78. The summed E-state index contributed by atoms with van der Waals surface area (Å²) in [4.78, 5) is 14.0. The molecule has 1 aromatic heterocycles. The summed E-state index contributed by atoms with van der Waals surface area (Å²) in [6.45, 7) is 8.28. The minimum atomic E-state index is -0.0946. The summed E-state index contributed by atoms with van der Waals surface area (Å²) in [5.41, 5.74) is 3.16. The van der Waals surface area contributed by atoms with Gasteiger partial charge in [-0.1, -0.05) is 13.0 Å². The maximum atomic E-state index is 12.3. The van der Waals surface area contributed by atoms with Crippen molar-refractivity contribution in [2.45, 2.75) is 33.9 Å². The van der Waals surface area contributed by atoms with Gasteiger partial charge in [-0.2, -0.15) is 5.10 Å². The lowest BCUT2D eigenvalue weighted by Crippen LogP contribution is -2.39. The number of urea groups is 1. The van der Waals surface area contributed by atoms with Crippen molar-refractivity contribution >= 4 is 6.03 Å². The molecule has 0 aliphatic carbocycles. The van der Waals surface area contributed by atoms with E-state index in [0.717, 1.165) is 35.0 Å². The van der Waals surface area contributed by atoms with Gasteiger partial charge in [-0.05, 0) is 43.5 Å². The molecule has 0 fully saturated rings. The zero-order chi connectivity index (χ0) is 18.7. The Labute approximate surface area is 153 Å². The monoisotopic (exact) mass is 358 g/mol. The molecule has 0 radical (unpaired) electrons.